The van der Waals surface area contributed by atoms with E-state index in [2.05, 4.69) is 9.89 Å². The average Bonchev–Trinajstić information content (AvgIpc) is 2.92. The van der Waals surface area contributed by atoms with Crippen molar-refractivity contribution in [3.8, 4) is 5.75 Å². The van der Waals surface area contributed by atoms with Gasteiger partial charge in [0.25, 0.3) is 6.47 Å². The number of benzene rings is 1. The molecule has 0 aliphatic heterocycles. The van der Waals surface area contributed by atoms with Crippen molar-refractivity contribution in [2.24, 2.45) is 0 Å². The predicted octanol–water partition coefficient (Wildman–Crippen LogP) is 4.35. The Morgan fingerprint density at radius 2 is 1.96 bits per heavy atom. The molecule has 0 unspecified atom stereocenters. The molecule has 2 aromatic rings. The summed E-state index contributed by atoms with van der Waals surface area (Å²) in [5.41, 5.74) is -3.53. The van der Waals surface area contributed by atoms with Crippen LogP contribution in [0.4, 0.5) is 13.2 Å². The van der Waals surface area contributed by atoms with Gasteiger partial charge in [0.1, 0.15) is 12.4 Å². The van der Waals surface area contributed by atoms with Crippen LogP contribution in [-0.4, -0.2) is 23.7 Å². The quantitative estimate of drug-likeness (QED) is 0.562. The topological polar surface area (TPSA) is 61.6 Å². The minimum Gasteiger partial charge on any atom is -0.486 e. The van der Waals surface area contributed by atoms with Crippen molar-refractivity contribution in [1.29, 1.82) is 0 Å². The number of nitrogens with zero attached hydrogens (tertiary/aromatic N) is 1. The van der Waals surface area contributed by atoms with Gasteiger partial charge in [-0.2, -0.15) is 13.2 Å². The number of carbonyl (C=O) groups is 1. The highest BCUT2D eigenvalue weighted by molar-refractivity contribution is 8.00. The predicted molar refractivity (Wildman–Crippen MR) is 81.6 cm³/mol. The smallest absolute Gasteiger partial charge is 0.446 e. The number of halogens is 3. The highest BCUT2D eigenvalue weighted by Crippen LogP contribution is 2.37. The molecule has 1 aromatic heterocycles. The lowest BCUT2D eigenvalue weighted by molar-refractivity contribution is -0.128. The Morgan fingerprint density at radius 3 is 2.38 bits per heavy atom. The second-order valence-electron chi connectivity index (χ2n) is 4.29. The number of ether oxygens (including phenoxy) is 2. The molecule has 0 fully saturated rings. The maximum absolute atomic E-state index is 12.1. The van der Waals surface area contributed by atoms with E-state index in [-0.39, 0.29) is 23.3 Å². The average molecular weight is 363 g/mol. The Kier molecular flexibility index (Phi) is 8.17. The van der Waals surface area contributed by atoms with Gasteiger partial charge in [-0.3, -0.25) is 4.79 Å². The fourth-order valence-corrected chi connectivity index (χ4v) is 1.98. The maximum atomic E-state index is 12.1. The molecule has 24 heavy (non-hydrogen) atoms. The van der Waals surface area contributed by atoms with E-state index in [9.17, 15) is 18.0 Å². The number of alkyl halides is 3. The van der Waals surface area contributed by atoms with Crippen LogP contribution < -0.4 is 4.74 Å². The number of aryl methyl sites for hydroxylation is 1. The zero-order chi connectivity index (χ0) is 18.0. The largest absolute Gasteiger partial charge is 0.486 e. The molecule has 0 atom stereocenters. The number of aromatic nitrogens is 1. The normalized spacial score (nSPS) is 10.5. The third-order valence-electron chi connectivity index (χ3n) is 2.35. The SMILES string of the molecule is CCOC=O.Cc1cc(COc2ccc(SC(F)(F)F)cc2)on1. The summed E-state index contributed by atoms with van der Waals surface area (Å²) in [6, 6.07) is 7.42. The molecule has 1 heterocycles. The Hall–Kier alpha value is -2.16. The van der Waals surface area contributed by atoms with Crippen LogP contribution in [-0.2, 0) is 16.1 Å². The zero-order valence-electron chi connectivity index (χ0n) is 13.0. The molecule has 1 aromatic carbocycles. The molecular formula is C15H16F3NO4S. The monoisotopic (exact) mass is 363 g/mol. The van der Waals surface area contributed by atoms with E-state index in [1.54, 1.807) is 19.9 Å². The Morgan fingerprint density at radius 1 is 1.29 bits per heavy atom. The molecule has 5 nitrogen and oxygen atoms in total. The van der Waals surface area contributed by atoms with Crippen LogP contribution in [0.3, 0.4) is 0 Å². The lowest BCUT2D eigenvalue weighted by Crippen LogP contribution is -1.99. The van der Waals surface area contributed by atoms with Gasteiger partial charge in [0.2, 0.25) is 0 Å². The number of hydrogen-bond donors (Lipinski definition) is 0. The fourth-order valence-electron chi connectivity index (χ4n) is 1.44. The highest BCUT2D eigenvalue weighted by Gasteiger charge is 2.29. The van der Waals surface area contributed by atoms with Crippen LogP contribution in [0.25, 0.3) is 0 Å². The molecule has 0 bridgehead atoms. The first kappa shape index (κ1) is 19.9. The van der Waals surface area contributed by atoms with E-state index in [1.807, 2.05) is 0 Å². The summed E-state index contributed by atoms with van der Waals surface area (Å²) >= 11 is -0.157. The van der Waals surface area contributed by atoms with Crippen LogP contribution in [0.15, 0.2) is 39.8 Å². The molecule has 0 amide bonds. The number of rotatable bonds is 6. The van der Waals surface area contributed by atoms with E-state index >= 15 is 0 Å². The molecule has 9 heteroatoms. The van der Waals surface area contributed by atoms with E-state index in [4.69, 9.17) is 9.26 Å². The zero-order valence-corrected chi connectivity index (χ0v) is 13.8. The molecule has 0 spiro atoms. The van der Waals surface area contributed by atoms with Gasteiger partial charge < -0.3 is 14.0 Å². The summed E-state index contributed by atoms with van der Waals surface area (Å²) in [6.45, 7) is 4.64. The summed E-state index contributed by atoms with van der Waals surface area (Å²) < 4.78 is 50.8. The number of thioether (sulfide) groups is 1. The maximum Gasteiger partial charge on any atom is 0.446 e. The van der Waals surface area contributed by atoms with Crippen LogP contribution in [0.1, 0.15) is 18.4 Å². The second kappa shape index (κ2) is 9.86. The summed E-state index contributed by atoms with van der Waals surface area (Å²) in [5, 5.41) is 3.70. The number of carbonyl (C=O) groups excluding carboxylic acids is 1. The van der Waals surface area contributed by atoms with E-state index in [0.717, 1.165) is 5.69 Å². The summed E-state index contributed by atoms with van der Waals surface area (Å²) in [7, 11) is 0. The van der Waals surface area contributed by atoms with Gasteiger partial charge in [0.15, 0.2) is 5.76 Å². The van der Waals surface area contributed by atoms with E-state index < -0.39 is 5.51 Å². The Labute approximate surface area is 141 Å². The summed E-state index contributed by atoms with van der Waals surface area (Å²) in [5.74, 6) is 1.03. The molecule has 0 saturated carbocycles. The van der Waals surface area contributed by atoms with Gasteiger partial charge in [-0.05, 0) is 49.9 Å². The Balaban J connectivity index is 0.000000505. The molecule has 132 valence electrons. The molecule has 0 radical (unpaired) electrons. The third-order valence-corrected chi connectivity index (χ3v) is 3.09. The Bertz CT molecular complexity index is 614. The van der Waals surface area contributed by atoms with Gasteiger partial charge in [0.05, 0.1) is 12.3 Å². The molecule has 0 N–H and O–H groups in total. The van der Waals surface area contributed by atoms with Crippen LogP contribution in [0.5, 0.6) is 5.75 Å². The van der Waals surface area contributed by atoms with Gasteiger partial charge in [-0.1, -0.05) is 5.16 Å². The first-order valence-corrected chi connectivity index (χ1v) is 7.61. The lowest BCUT2D eigenvalue weighted by atomic mass is 10.3. The van der Waals surface area contributed by atoms with Gasteiger partial charge in [-0.15, -0.1) is 0 Å². The molecule has 2 rings (SSSR count). The van der Waals surface area contributed by atoms with Crippen molar-refractivity contribution in [2.75, 3.05) is 6.61 Å². The molecule has 0 aliphatic rings. The highest BCUT2D eigenvalue weighted by atomic mass is 32.2. The van der Waals surface area contributed by atoms with Crippen LogP contribution in [0, 0.1) is 6.92 Å². The molecule has 0 aliphatic carbocycles. The number of hydrogen-bond acceptors (Lipinski definition) is 6. The van der Waals surface area contributed by atoms with Crippen molar-refractivity contribution in [2.45, 2.75) is 30.9 Å². The van der Waals surface area contributed by atoms with Crippen molar-refractivity contribution >= 4 is 18.2 Å². The van der Waals surface area contributed by atoms with E-state index in [0.29, 0.717) is 24.6 Å². The van der Waals surface area contributed by atoms with Crippen molar-refractivity contribution in [1.82, 2.24) is 5.16 Å². The van der Waals surface area contributed by atoms with Crippen LogP contribution in [0.2, 0.25) is 0 Å². The van der Waals surface area contributed by atoms with Gasteiger partial charge >= 0.3 is 5.51 Å². The molecule has 0 saturated heterocycles. The van der Waals surface area contributed by atoms with Crippen molar-refractivity contribution in [3.05, 3.63) is 41.8 Å². The van der Waals surface area contributed by atoms with Crippen molar-refractivity contribution in [3.63, 3.8) is 0 Å². The fraction of sp³-hybridized carbons (Fsp3) is 0.333. The lowest BCUT2D eigenvalue weighted by Gasteiger charge is -2.07. The second-order valence-corrected chi connectivity index (χ2v) is 5.43. The molecular weight excluding hydrogens is 347 g/mol. The van der Waals surface area contributed by atoms with E-state index in [1.165, 1.54) is 24.3 Å². The van der Waals surface area contributed by atoms with Crippen molar-refractivity contribution < 1.29 is 32.0 Å². The minimum absolute atomic E-state index is 0.121. The summed E-state index contributed by atoms with van der Waals surface area (Å²) in [6.07, 6.45) is 0. The standard InChI is InChI=1S/C12H10F3NO2S.C3H6O2/c1-8-6-10(18-16-8)7-17-9-2-4-11(5-3-9)19-12(13,14)15;1-2-5-3-4/h2-6H,7H2,1H3;3H,2H2,1H3. The minimum atomic E-state index is -4.28. The van der Waals surface area contributed by atoms with Gasteiger partial charge in [0, 0.05) is 11.0 Å². The van der Waals surface area contributed by atoms with Crippen LogP contribution >= 0.6 is 11.8 Å². The third kappa shape index (κ3) is 8.47. The summed E-state index contributed by atoms with van der Waals surface area (Å²) in [4.78, 5) is 9.30. The van der Waals surface area contributed by atoms with Gasteiger partial charge in [-0.25, -0.2) is 0 Å². The first-order chi connectivity index (χ1) is 11.3. The first-order valence-electron chi connectivity index (χ1n) is 6.80.